The van der Waals surface area contributed by atoms with Crippen molar-refractivity contribution in [2.24, 2.45) is 5.92 Å². The number of benzene rings is 1. The lowest BCUT2D eigenvalue weighted by Crippen LogP contribution is -2.39. The summed E-state index contributed by atoms with van der Waals surface area (Å²) in [4.78, 5) is 14.0. The first-order chi connectivity index (χ1) is 9.60. The molecule has 0 N–H and O–H groups in total. The van der Waals surface area contributed by atoms with Gasteiger partial charge < -0.3 is 4.74 Å². The molecule has 1 atom stereocenters. The SMILES string of the molecule is CCOC(=O)C1CCCN(Cc2ccc(F)cc2Br)C1. The zero-order valence-corrected chi connectivity index (χ0v) is 13.2. The first kappa shape index (κ1) is 15.4. The maximum Gasteiger partial charge on any atom is 0.310 e. The fourth-order valence-electron chi connectivity index (χ4n) is 2.54. The van der Waals surface area contributed by atoms with Gasteiger partial charge in [-0.1, -0.05) is 22.0 Å². The summed E-state index contributed by atoms with van der Waals surface area (Å²) in [5, 5.41) is 0. The highest BCUT2D eigenvalue weighted by atomic mass is 79.9. The van der Waals surface area contributed by atoms with Crippen molar-refractivity contribution in [2.45, 2.75) is 26.3 Å². The minimum absolute atomic E-state index is 0.0390. The smallest absolute Gasteiger partial charge is 0.310 e. The molecule has 1 aliphatic heterocycles. The molecule has 1 unspecified atom stereocenters. The molecule has 1 aromatic rings. The van der Waals surface area contributed by atoms with E-state index in [1.807, 2.05) is 6.92 Å². The Hall–Kier alpha value is -0.940. The van der Waals surface area contributed by atoms with Crippen LogP contribution < -0.4 is 0 Å². The van der Waals surface area contributed by atoms with Gasteiger partial charge in [-0.2, -0.15) is 0 Å². The molecule has 1 heterocycles. The number of hydrogen-bond donors (Lipinski definition) is 0. The Balaban J connectivity index is 1.97. The third kappa shape index (κ3) is 4.03. The predicted molar refractivity (Wildman–Crippen MR) is 78.7 cm³/mol. The normalized spacial score (nSPS) is 19.9. The minimum atomic E-state index is -0.247. The van der Waals surface area contributed by atoms with Crippen molar-refractivity contribution in [1.82, 2.24) is 4.90 Å². The molecule has 1 fully saturated rings. The molecule has 5 heteroatoms. The van der Waals surface area contributed by atoms with E-state index in [9.17, 15) is 9.18 Å². The molecule has 20 heavy (non-hydrogen) atoms. The summed E-state index contributed by atoms with van der Waals surface area (Å²) in [6.45, 7) is 4.64. The lowest BCUT2D eigenvalue weighted by atomic mass is 9.98. The summed E-state index contributed by atoms with van der Waals surface area (Å²) < 4.78 is 18.9. The molecule has 0 saturated carbocycles. The van der Waals surface area contributed by atoms with Crippen LogP contribution in [0.3, 0.4) is 0 Å². The summed E-state index contributed by atoms with van der Waals surface area (Å²) >= 11 is 3.38. The van der Waals surface area contributed by atoms with Gasteiger partial charge in [-0.3, -0.25) is 9.69 Å². The van der Waals surface area contributed by atoms with Gasteiger partial charge in [0.05, 0.1) is 12.5 Å². The van der Waals surface area contributed by atoms with Crippen LogP contribution in [0.25, 0.3) is 0 Å². The van der Waals surface area contributed by atoms with Crippen LogP contribution in [-0.2, 0) is 16.1 Å². The minimum Gasteiger partial charge on any atom is -0.466 e. The van der Waals surface area contributed by atoms with Gasteiger partial charge in [-0.05, 0) is 44.0 Å². The van der Waals surface area contributed by atoms with Crippen LogP contribution in [0.4, 0.5) is 4.39 Å². The van der Waals surface area contributed by atoms with Crippen LogP contribution >= 0.6 is 15.9 Å². The van der Waals surface area contributed by atoms with Crippen molar-refractivity contribution in [3.63, 3.8) is 0 Å². The summed E-state index contributed by atoms with van der Waals surface area (Å²) in [5.41, 5.74) is 1.04. The molecule has 1 aliphatic rings. The van der Waals surface area contributed by atoms with Crippen molar-refractivity contribution in [1.29, 1.82) is 0 Å². The average Bonchev–Trinajstić information content (AvgIpc) is 2.43. The highest BCUT2D eigenvalue weighted by Crippen LogP contribution is 2.23. The number of ether oxygens (including phenoxy) is 1. The van der Waals surface area contributed by atoms with Crippen LogP contribution in [0.15, 0.2) is 22.7 Å². The van der Waals surface area contributed by atoms with Crippen LogP contribution in [0, 0.1) is 11.7 Å². The van der Waals surface area contributed by atoms with Gasteiger partial charge in [0.25, 0.3) is 0 Å². The Kier molecular flexibility index (Phi) is 5.54. The number of hydrogen-bond acceptors (Lipinski definition) is 3. The van der Waals surface area contributed by atoms with Gasteiger partial charge in [0, 0.05) is 17.6 Å². The molecule has 1 saturated heterocycles. The number of piperidine rings is 1. The second-order valence-corrected chi connectivity index (χ2v) is 5.92. The number of likely N-dealkylation sites (tertiary alicyclic amines) is 1. The van der Waals surface area contributed by atoms with Crippen molar-refractivity contribution in [3.8, 4) is 0 Å². The topological polar surface area (TPSA) is 29.5 Å². The average molecular weight is 344 g/mol. The highest BCUT2D eigenvalue weighted by Gasteiger charge is 2.26. The summed E-state index contributed by atoms with van der Waals surface area (Å²) in [5.74, 6) is -0.387. The zero-order valence-electron chi connectivity index (χ0n) is 11.6. The van der Waals surface area contributed by atoms with E-state index in [1.54, 1.807) is 6.07 Å². The Morgan fingerprint density at radius 2 is 2.35 bits per heavy atom. The molecule has 2 rings (SSSR count). The van der Waals surface area contributed by atoms with E-state index in [0.29, 0.717) is 13.2 Å². The fraction of sp³-hybridized carbons (Fsp3) is 0.533. The Morgan fingerprint density at radius 3 is 3.05 bits per heavy atom. The van der Waals surface area contributed by atoms with Crippen molar-refractivity contribution in [2.75, 3.05) is 19.7 Å². The number of rotatable bonds is 4. The van der Waals surface area contributed by atoms with E-state index in [4.69, 9.17) is 4.74 Å². The third-order valence-electron chi connectivity index (χ3n) is 3.53. The van der Waals surface area contributed by atoms with Crippen LogP contribution in [-0.4, -0.2) is 30.6 Å². The summed E-state index contributed by atoms with van der Waals surface area (Å²) in [6, 6.07) is 4.72. The number of nitrogens with zero attached hydrogens (tertiary/aromatic N) is 1. The van der Waals surface area contributed by atoms with E-state index in [2.05, 4.69) is 20.8 Å². The van der Waals surface area contributed by atoms with Crippen molar-refractivity contribution in [3.05, 3.63) is 34.1 Å². The largest absolute Gasteiger partial charge is 0.466 e. The number of carbonyl (C=O) groups excluding carboxylic acids is 1. The molecule has 0 aliphatic carbocycles. The van der Waals surface area contributed by atoms with Crippen LogP contribution in [0.2, 0.25) is 0 Å². The molecule has 110 valence electrons. The maximum atomic E-state index is 13.1. The monoisotopic (exact) mass is 343 g/mol. The number of halogens is 2. The summed E-state index contributed by atoms with van der Waals surface area (Å²) in [7, 11) is 0. The zero-order chi connectivity index (χ0) is 14.5. The highest BCUT2D eigenvalue weighted by molar-refractivity contribution is 9.10. The van der Waals surface area contributed by atoms with Crippen LogP contribution in [0.5, 0.6) is 0 Å². The van der Waals surface area contributed by atoms with E-state index in [0.717, 1.165) is 36.0 Å². The van der Waals surface area contributed by atoms with Gasteiger partial charge in [-0.25, -0.2) is 4.39 Å². The molecule has 0 aromatic heterocycles. The summed E-state index contributed by atoms with van der Waals surface area (Å²) in [6.07, 6.45) is 1.88. The third-order valence-corrected chi connectivity index (χ3v) is 4.27. The first-order valence-electron chi connectivity index (χ1n) is 6.93. The van der Waals surface area contributed by atoms with Crippen molar-refractivity contribution >= 4 is 21.9 Å². The van der Waals surface area contributed by atoms with E-state index in [-0.39, 0.29) is 17.7 Å². The molecular formula is C15H19BrFNO2. The van der Waals surface area contributed by atoms with Gasteiger partial charge >= 0.3 is 5.97 Å². The maximum absolute atomic E-state index is 13.1. The van der Waals surface area contributed by atoms with Gasteiger partial charge in [0.15, 0.2) is 0 Å². The molecule has 0 radical (unpaired) electrons. The lowest BCUT2D eigenvalue weighted by Gasteiger charge is -2.31. The first-order valence-corrected chi connectivity index (χ1v) is 7.72. The lowest BCUT2D eigenvalue weighted by molar-refractivity contribution is -0.150. The van der Waals surface area contributed by atoms with E-state index >= 15 is 0 Å². The quantitative estimate of drug-likeness (QED) is 0.785. The molecule has 1 aromatic carbocycles. The number of esters is 1. The molecular weight excluding hydrogens is 325 g/mol. The molecule has 0 spiro atoms. The van der Waals surface area contributed by atoms with Crippen LogP contribution in [0.1, 0.15) is 25.3 Å². The standard InChI is InChI=1S/C15H19BrFNO2/c1-2-20-15(19)12-4-3-7-18(10-12)9-11-5-6-13(17)8-14(11)16/h5-6,8,12H,2-4,7,9-10H2,1H3. The second kappa shape index (κ2) is 7.18. The Morgan fingerprint density at radius 1 is 1.55 bits per heavy atom. The molecule has 0 bridgehead atoms. The predicted octanol–water partition coefficient (Wildman–Crippen LogP) is 3.36. The fourth-order valence-corrected chi connectivity index (χ4v) is 3.02. The molecule has 0 amide bonds. The van der Waals surface area contributed by atoms with Gasteiger partial charge in [-0.15, -0.1) is 0 Å². The van der Waals surface area contributed by atoms with Crippen molar-refractivity contribution < 1.29 is 13.9 Å². The van der Waals surface area contributed by atoms with Gasteiger partial charge in [0.1, 0.15) is 5.82 Å². The van der Waals surface area contributed by atoms with E-state index < -0.39 is 0 Å². The second-order valence-electron chi connectivity index (χ2n) is 5.06. The Labute approximate surface area is 127 Å². The number of carbonyl (C=O) groups is 1. The van der Waals surface area contributed by atoms with E-state index in [1.165, 1.54) is 12.1 Å². The molecule has 3 nitrogen and oxygen atoms in total. The van der Waals surface area contributed by atoms with Gasteiger partial charge in [0.2, 0.25) is 0 Å². The Bertz CT molecular complexity index is 481.